The number of rotatable bonds is 7. The number of carbonyl (C=O) groups excluding carboxylic acids is 1. The van der Waals surface area contributed by atoms with Gasteiger partial charge in [-0.25, -0.2) is 17.5 Å². The van der Waals surface area contributed by atoms with Gasteiger partial charge in [-0.05, 0) is 36.8 Å². The molecule has 26 heavy (non-hydrogen) atoms. The molecule has 0 aromatic heterocycles. The van der Waals surface area contributed by atoms with E-state index >= 15 is 0 Å². The Balaban J connectivity index is 2.02. The summed E-state index contributed by atoms with van der Waals surface area (Å²) < 4.78 is 36.1. The molecule has 0 heterocycles. The van der Waals surface area contributed by atoms with Crippen LogP contribution in [0.3, 0.4) is 0 Å². The Kier molecular flexibility index (Phi) is 6.63. The lowest BCUT2D eigenvalue weighted by molar-refractivity contribution is 0.0449. The first-order valence-corrected chi connectivity index (χ1v) is 9.63. The third-order valence-corrected chi connectivity index (χ3v) is 5.74. The minimum absolute atomic E-state index is 0.00809. The van der Waals surface area contributed by atoms with E-state index in [4.69, 9.17) is 21.1 Å². The van der Waals surface area contributed by atoms with E-state index < -0.39 is 16.0 Å². The van der Waals surface area contributed by atoms with Crippen LogP contribution in [0.1, 0.15) is 15.9 Å². The first-order valence-electron chi connectivity index (χ1n) is 7.81. The van der Waals surface area contributed by atoms with Gasteiger partial charge >= 0.3 is 5.97 Å². The van der Waals surface area contributed by atoms with E-state index in [0.717, 1.165) is 4.31 Å². The summed E-state index contributed by atoms with van der Waals surface area (Å²) >= 11 is 5.97. The third-order valence-electron chi connectivity index (χ3n) is 3.62. The molecule has 2 aromatic rings. The highest BCUT2D eigenvalue weighted by Gasteiger charge is 2.20. The lowest BCUT2D eigenvalue weighted by Gasteiger charge is -2.14. The van der Waals surface area contributed by atoms with Gasteiger partial charge in [-0.2, -0.15) is 0 Å². The van der Waals surface area contributed by atoms with Crippen molar-refractivity contribution in [3.05, 3.63) is 58.6 Å². The molecule has 0 N–H and O–H groups in total. The number of benzene rings is 2. The summed E-state index contributed by atoms with van der Waals surface area (Å²) in [4.78, 5) is 12.3. The van der Waals surface area contributed by atoms with E-state index in [-0.39, 0.29) is 23.7 Å². The maximum Gasteiger partial charge on any atom is 0.338 e. The number of hydrogen-bond acceptors (Lipinski definition) is 5. The minimum atomic E-state index is -3.63. The van der Waals surface area contributed by atoms with Gasteiger partial charge in [-0.3, -0.25) is 0 Å². The molecule has 8 heteroatoms. The lowest BCUT2D eigenvalue weighted by atomic mass is 10.1. The normalized spacial score (nSPS) is 11.4. The van der Waals surface area contributed by atoms with Crippen LogP contribution in [0.15, 0.2) is 47.4 Å². The van der Waals surface area contributed by atoms with Crippen molar-refractivity contribution in [2.24, 2.45) is 0 Å². The van der Waals surface area contributed by atoms with Crippen molar-refractivity contribution in [2.75, 3.05) is 27.3 Å². The Hall–Kier alpha value is -2.09. The van der Waals surface area contributed by atoms with Crippen molar-refractivity contribution >= 4 is 27.6 Å². The Morgan fingerprint density at radius 1 is 1.12 bits per heavy atom. The fourth-order valence-electron chi connectivity index (χ4n) is 2.12. The molecule has 0 bridgehead atoms. The smallest absolute Gasteiger partial charge is 0.338 e. The van der Waals surface area contributed by atoms with Crippen molar-refractivity contribution < 1.29 is 22.7 Å². The Morgan fingerprint density at radius 3 is 2.46 bits per heavy atom. The number of ether oxygens (including phenoxy) is 2. The zero-order valence-electron chi connectivity index (χ0n) is 14.7. The Bertz CT molecular complexity index is 896. The molecular weight excluding hydrogens is 378 g/mol. The number of aryl methyl sites for hydroxylation is 1. The maximum absolute atomic E-state index is 12.3. The standard InChI is InChI=1S/C18H20ClNO5S/c1-13-8-9-14(26(22,23)20(2)3)12-15(13)18(21)25-11-10-24-17-7-5-4-6-16(17)19/h4-9,12H,10-11H2,1-3H3. The van der Waals surface area contributed by atoms with Crippen molar-refractivity contribution in [1.82, 2.24) is 4.31 Å². The van der Waals surface area contributed by atoms with Crippen LogP contribution in [0.25, 0.3) is 0 Å². The fraction of sp³-hybridized carbons (Fsp3) is 0.278. The van der Waals surface area contributed by atoms with Gasteiger partial charge in [-0.1, -0.05) is 29.8 Å². The van der Waals surface area contributed by atoms with Crippen LogP contribution >= 0.6 is 11.6 Å². The number of para-hydroxylation sites is 1. The van der Waals surface area contributed by atoms with Crippen LogP contribution in [0.4, 0.5) is 0 Å². The molecule has 2 aromatic carbocycles. The molecule has 0 aliphatic carbocycles. The highest BCUT2D eigenvalue weighted by Crippen LogP contribution is 2.23. The van der Waals surface area contributed by atoms with Crippen molar-refractivity contribution in [3.63, 3.8) is 0 Å². The lowest BCUT2D eigenvalue weighted by Crippen LogP contribution is -2.23. The van der Waals surface area contributed by atoms with Gasteiger partial charge < -0.3 is 9.47 Å². The molecule has 0 spiro atoms. The number of halogens is 1. The molecular formula is C18H20ClNO5S. The summed E-state index contributed by atoms with van der Waals surface area (Å²) in [5, 5.41) is 0.469. The van der Waals surface area contributed by atoms with E-state index in [2.05, 4.69) is 0 Å². The molecule has 0 atom stereocenters. The molecule has 0 aliphatic rings. The quantitative estimate of drug-likeness (QED) is 0.530. The summed E-state index contributed by atoms with van der Waals surface area (Å²) in [7, 11) is -0.770. The number of nitrogens with zero attached hydrogens (tertiary/aromatic N) is 1. The van der Waals surface area contributed by atoms with Crippen molar-refractivity contribution in [2.45, 2.75) is 11.8 Å². The summed E-state index contributed by atoms with van der Waals surface area (Å²) in [6, 6.07) is 11.3. The molecule has 0 fully saturated rings. The molecule has 6 nitrogen and oxygen atoms in total. The molecule has 140 valence electrons. The molecule has 0 saturated carbocycles. The zero-order valence-corrected chi connectivity index (χ0v) is 16.3. The second kappa shape index (κ2) is 8.53. The average molecular weight is 398 g/mol. The summed E-state index contributed by atoms with van der Waals surface area (Å²) in [5.74, 6) is -0.110. The second-order valence-corrected chi connectivity index (χ2v) is 8.24. The number of hydrogen-bond donors (Lipinski definition) is 0. The Labute approximate surface area is 158 Å². The monoisotopic (exact) mass is 397 g/mol. The molecule has 0 aliphatic heterocycles. The summed E-state index contributed by atoms with van der Waals surface area (Å²) in [5.41, 5.74) is 0.824. The number of carbonyl (C=O) groups is 1. The van der Waals surface area contributed by atoms with Crippen LogP contribution in [0.5, 0.6) is 5.75 Å². The van der Waals surface area contributed by atoms with Crippen molar-refractivity contribution in [1.29, 1.82) is 0 Å². The van der Waals surface area contributed by atoms with Crippen LogP contribution in [0.2, 0.25) is 5.02 Å². The topological polar surface area (TPSA) is 72.9 Å². The zero-order chi connectivity index (χ0) is 19.3. The average Bonchev–Trinajstić information content (AvgIpc) is 2.60. The van der Waals surface area contributed by atoms with Crippen LogP contribution in [-0.4, -0.2) is 46.0 Å². The largest absolute Gasteiger partial charge is 0.488 e. The van der Waals surface area contributed by atoms with Crippen LogP contribution < -0.4 is 4.74 Å². The minimum Gasteiger partial charge on any atom is -0.488 e. The third kappa shape index (κ3) is 4.75. The Morgan fingerprint density at radius 2 is 1.81 bits per heavy atom. The summed E-state index contributed by atoms with van der Waals surface area (Å²) in [6.07, 6.45) is 0. The van der Waals surface area contributed by atoms with E-state index in [0.29, 0.717) is 16.3 Å². The first kappa shape index (κ1) is 20.2. The molecule has 0 amide bonds. The van der Waals surface area contributed by atoms with Gasteiger partial charge in [-0.15, -0.1) is 0 Å². The number of sulfonamides is 1. The van der Waals surface area contributed by atoms with Gasteiger partial charge in [0.05, 0.1) is 15.5 Å². The maximum atomic E-state index is 12.3. The molecule has 2 rings (SSSR count). The second-order valence-electron chi connectivity index (χ2n) is 5.68. The molecule has 0 unspecified atom stereocenters. The predicted octanol–water partition coefficient (Wildman–Crippen LogP) is 3.13. The highest BCUT2D eigenvalue weighted by atomic mass is 35.5. The van der Waals surface area contributed by atoms with Crippen LogP contribution in [-0.2, 0) is 14.8 Å². The van der Waals surface area contributed by atoms with E-state index in [1.54, 1.807) is 37.3 Å². The highest BCUT2D eigenvalue weighted by molar-refractivity contribution is 7.89. The molecule has 0 radical (unpaired) electrons. The SMILES string of the molecule is Cc1ccc(S(=O)(=O)N(C)C)cc1C(=O)OCCOc1ccccc1Cl. The van der Waals surface area contributed by atoms with Gasteiger partial charge in [0, 0.05) is 14.1 Å². The number of esters is 1. The van der Waals surface area contributed by atoms with Crippen LogP contribution in [0, 0.1) is 6.92 Å². The van der Waals surface area contributed by atoms with E-state index in [1.807, 2.05) is 0 Å². The first-order chi connectivity index (χ1) is 12.2. The van der Waals surface area contributed by atoms with E-state index in [9.17, 15) is 13.2 Å². The van der Waals surface area contributed by atoms with Gasteiger partial charge in [0.1, 0.15) is 19.0 Å². The fourth-order valence-corrected chi connectivity index (χ4v) is 3.24. The predicted molar refractivity (Wildman–Crippen MR) is 99.3 cm³/mol. The van der Waals surface area contributed by atoms with Gasteiger partial charge in [0.25, 0.3) is 0 Å². The molecule has 0 saturated heterocycles. The van der Waals surface area contributed by atoms with Gasteiger partial charge in [0.15, 0.2) is 0 Å². The van der Waals surface area contributed by atoms with E-state index in [1.165, 1.54) is 26.2 Å². The van der Waals surface area contributed by atoms with Gasteiger partial charge in [0.2, 0.25) is 10.0 Å². The summed E-state index contributed by atoms with van der Waals surface area (Å²) in [6.45, 7) is 1.85. The van der Waals surface area contributed by atoms with Crippen molar-refractivity contribution in [3.8, 4) is 5.75 Å².